The summed E-state index contributed by atoms with van der Waals surface area (Å²) in [6.45, 7) is 0.544. The van der Waals surface area contributed by atoms with E-state index in [1.807, 2.05) is 12.1 Å². The van der Waals surface area contributed by atoms with Crippen molar-refractivity contribution >= 4 is 27.5 Å². The van der Waals surface area contributed by atoms with Crippen LogP contribution in [0.25, 0.3) is 0 Å². The SMILES string of the molecule is O=C(C1=CC(c2ccc(Cl)cc2)ON1)N1CCN(S(=O)(=O)c2ccccc2F)CC1. The standard InChI is InChI=1S/C20H19ClFN3O4S/c21-15-7-5-14(6-8-15)18-13-17(23-29-18)20(26)24-9-11-25(12-10-24)30(27,28)19-4-2-1-3-16(19)22/h1-8,13,18,23H,9-12H2. The van der Waals surface area contributed by atoms with Gasteiger partial charge >= 0.3 is 0 Å². The summed E-state index contributed by atoms with van der Waals surface area (Å²) >= 11 is 5.89. The Labute approximate surface area is 178 Å². The number of amides is 1. The van der Waals surface area contributed by atoms with Gasteiger partial charge in [-0.1, -0.05) is 35.9 Å². The topological polar surface area (TPSA) is 79.0 Å². The summed E-state index contributed by atoms with van der Waals surface area (Å²) in [6, 6.07) is 12.4. The third-order valence-electron chi connectivity index (χ3n) is 5.02. The molecule has 1 unspecified atom stereocenters. The van der Waals surface area contributed by atoms with Crippen molar-refractivity contribution in [1.82, 2.24) is 14.7 Å². The number of nitrogens with one attached hydrogen (secondary N) is 1. The molecule has 0 aromatic heterocycles. The number of hydrogen-bond donors (Lipinski definition) is 1. The lowest BCUT2D eigenvalue weighted by atomic mass is 10.1. The van der Waals surface area contributed by atoms with Crippen molar-refractivity contribution in [3.8, 4) is 0 Å². The molecule has 4 rings (SSSR count). The summed E-state index contributed by atoms with van der Waals surface area (Å²) in [7, 11) is -3.95. The summed E-state index contributed by atoms with van der Waals surface area (Å²) in [4.78, 5) is 19.4. The normalized spacial score (nSPS) is 20.0. The van der Waals surface area contributed by atoms with Crippen molar-refractivity contribution < 1.29 is 22.4 Å². The Balaban J connectivity index is 1.41. The number of nitrogens with zero attached hydrogens (tertiary/aromatic N) is 2. The molecule has 2 aliphatic rings. The van der Waals surface area contributed by atoms with E-state index < -0.39 is 21.9 Å². The highest BCUT2D eigenvalue weighted by atomic mass is 35.5. The van der Waals surface area contributed by atoms with E-state index in [2.05, 4.69) is 5.48 Å². The minimum Gasteiger partial charge on any atom is -0.335 e. The second kappa shape index (κ2) is 8.35. The maximum atomic E-state index is 13.9. The molecule has 1 N–H and O–H groups in total. The van der Waals surface area contributed by atoms with Crippen LogP contribution in [0.4, 0.5) is 4.39 Å². The summed E-state index contributed by atoms with van der Waals surface area (Å²) in [6.07, 6.45) is 1.25. The molecule has 2 heterocycles. The first-order valence-corrected chi connectivity index (χ1v) is 11.1. The molecule has 0 aliphatic carbocycles. The molecule has 1 amide bonds. The van der Waals surface area contributed by atoms with Crippen molar-refractivity contribution in [3.63, 3.8) is 0 Å². The van der Waals surface area contributed by atoms with Gasteiger partial charge in [-0.3, -0.25) is 15.1 Å². The summed E-state index contributed by atoms with van der Waals surface area (Å²) in [5.41, 5.74) is 3.78. The van der Waals surface area contributed by atoms with Gasteiger partial charge in [0.15, 0.2) is 0 Å². The second-order valence-corrected chi connectivity index (χ2v) is 9.24. The lowest BCUT2D eigenvalue weighted by Gasteiger charge is -2.34. The first kappa shape index (κ1) is 20.8. The van der Waals surface area contributed by atoms with Crippen LogP contribution in [0.2, 0.25) is 5.02 Å². The molecule has 1 fully saturated rings. The van der Waals surface area contributed by atoms with E-state index in [-0.39, 0.29) is 37.0 Å². The minimum atomic E-state index is -3.95. The molecule has 1 saturated heterocycles. The van der Waals surface area contributed by atoms with Crippen LogP contribution in [0.15, 0.2) is 65.2 Å². The minimum absolute atomic E-state index is 0.0805. The Hall–Kier alpha value is -2.46. The largest absolute Gasteiger partial charge is 0.335 e. The zero-order chi connectivity index (χ0) is 21.3. The zero-order valence-electron chi connectivity index (χ0n) is 15.8. The number of halogens is 2. The van der Waals surface area contributed by atoms with Gasteiger partial charge in [0.25, 0.3) is 5.91 Å². The number of sulfonamides is 1. The zero-order valence-corrected chi connectivity index (χ0v) is 17.4. The van der Waals surface area contributed by atoms with Crippen LogP contribution in [-0.2, 0) is 19.7 Å². The monoisotopic (exact) mass is 451 g/mol. The van der Waals surface area contributed by atoms with E-state index in [0.717, 1.165) is 11.6 Å². The predicted octanol–water partition coefficient (Wildman–Crippen LogP) is 2.47. The average molecular weight is 452 g/mol. The third kappa shape index (κ3) is 4.06. The Morgan fingerprint density at radius 3 is 2.40 bits per heavy atom. The summed E-state index contributed by atoms with van der Waals surface area (Å²) in [5.74, 6) is -1.07. The molecule has 0 spiro atoms. The van der Waals surface area contributed by atoms with Gasteiger partial charge in [-0.25, -0.2) is 12.8 Å². The van der Waals surface area contributed by atoms with E-state index in [0.29, 0.717) is 10.7 Å². The van der Waals surface area contributed by atoms with E-state index >= 15 is 0 Å². The highest BCUT2D eigenvalue weighted by molar-refractivity contribution is 7.89. The number of piperazine rings is 1. The molecule has 1 atom stereocenters. The number of carbonyl (C=O) groups excluding carboxylic acids is 1. The van der Waals surface area contributed by atoms with Gasteiger partial charge in [0, 0.05) is 31.2 Å². The number of carbonyl (C=O) groups is 1. The first-order valence-electron chi connectivity index (χ1n) is 9.29. The smallest absolute Gasteiger partial charge is 0.272 e. The molecule has 2 aliphatic heterocycles. The van der Waals surface area contributed by atoms with Gasteiger partial charge in [-0.05, 0) is 35.9 Å². The number of rotatable bonds is 4. The third-order valence-corrected chi connectivity index (χ3v) is 7.21. The molecular formula is C20H19ClFN3O4S. The molecule has 30 heavy (non-hydrogen) atoms. The molecular weight excluding hydrogens is 433 g/mol. The lowest BCUT2D eigenvalue weighted by Crippen LogP contribution is -2.51. The fourth-order valence-electron chi connectivity index (χ4n) is 3.37. The van der Waals surface area contributed by atoms with Crippen LogP contribution in [-0.4, -0.2) is 49.7 Å². The number of benzene rings is 2. The van der Waals surface area contributed by atoms with E-state index in [4.69, 9.17) is 16.4 Å². The molecule has 158 valence electrons. The fraction of sp³-hybridized carbons (Fsp3) is 0.250. The molecule has 0 radical (unpaired) electrons. The fourth-order valence-corrected chi connectivity index (χ4v) is 4.99. The van der Waals surface area contributed by atoms with Crippen molar-refractivity contribution in [2.75, 3.05) is 26.2 Å². The number of hydrogen-bond acceptors (Lipinski definition) is 5. The maximum absolute atomic E-state index is 13.9. The average Bonchev–Trinajstić information content (AvgIpc) is 3.24. The van der Waals surface area contributed by atoms with Crippen molar-refractivity contribution in [2.24, 2.45) is 0 Å². The Bertz CT molecular complexity index is 1080. The van der Waals surface area contributed by atoms with E-state index in [9.17, 15) is 17.6 Å². The highest BCUT2D eigenvalue weighted by Crippen LogP contribution is 2.26. The molecule has 0 bridgehead atoms. The van der Waals surface area contributed by atoms with Crippen molar-refractivity contribution in [3.05, 3.63) is 76.7 Å². The Kier molecular flexibility index (Phi) is 5.79. The van der Waals surface area contributed by atoms with Crippen LogP contribution >= 0.6 is 11.6 Å². The maximum Gasteiger partial charge on any atom is 0.272 e. The van der Waals surface area contributed by atoms with Gasteiger partial charge in [0.2, 0.25) is 10.0 Å². The van der Waals surface area contributed by atoms with Gasteiger partial charge in [0.05, 0.1) is 0 Å². The Morgan fingerprint density at radius 1 is 1.07 bits per heavy atom. The molecule has 2 aromatic rings. The van der Waals surface area contributed by atoms with Crippen LogP contribution in [0.5, 0.6) is 0 Å². The summed E-state index contributed by atoms with van der Waals surface area (Å²) < 4.78 is 40.5. The van der Waals surface area contributed by atoms with Crippen molar-refractivity contribution in [1.29, 1.82) is 0 Å². The lowest BCUT2D eigenvalue weighted by molar-refractivity contribution is -0.129. The molecule has 7 nitrogen and oxygen atoms in total. The molecule has 10 heteroatoms. The second-order valence-electron chi connectivity index (χ2n) is 6.90. The van der Waals surface area contributed by atoms with Gasteiger partial charge < -0.3 is 4.90 Å². The predicted molar refractivity (Wildman–Crippen MR) is 108 cm³/mol. The van der Waals surface area contributed by atoms with Crippen LogP contribution in [0.3, 0.4) is 0 Å². The first-order chi connectivity index (χ1) is 14.4. The van der Waals surface area contributed by atoms with Crippen LogP contribution in [0, 0.1) is 5.82 Å². The highest BCUT2D eigenvalue weighted by Gasteiger charge is 2.33. The van der Waals surface area contributed by atoms with Gasteiger partial charge in [-0.2, -0.15) is 4.31 Å². The van der Waals surface area contributed by atoms with E-state index in [1.54, 1.807) is 23.1 Å². The number of hydroxylamine groups is 1. The summed E-state index contributed by atoms with van der Waals surface area (Å²) in [5, 5.41) is 0.605. The quantitative estimate of drug-likeness (QED) is 0.772. The van der Waals surface area contributed by atoms with Gasteiger partial charge in [-0.15, -0.1) is 0 Å². The van der Waals surface area contributed by atoms with Crippen LogP contribution in [0.1, 0.15) is 11.7 Å². The Morgan fingerprint density at radius 2 is 1.73 bits per heavy atom. The van der Waals surface area contributed by atoms with Gasteiger partial charge in [0.1, 0.15) is 22.5 Å². The molecule has 0 saturated carbocycles. The van der Waals surface area contributed by atoms with E-state index in [1.165, 1.54) is 22.5 Å². The van der Waals surface area contributed by atoms with Crippen LogP contribution < -0.4 is 5.48 Å². The molecule has 2 aromatic carbocycles. The van der Waals surface area contributed by atoms with Crippen molar-refractivity contribution in [2.45, 2.75) is 11.0 Å².